The maximum atomic E-state index is 6.05. The van der Waals surface area contributed by atoms with Crippen molar-refractivity contribution in [3.05, 3.63) is 17.6 Å². The average molecular weight is 294 g/mol. The number of ether oxygens (including phenoxy) is 2. The Morgan fingerprint density at radius 2 is 2.00 bits per heavy atom. The first-order valence-corrected chi connectivity index (χ1v) is 7.49. The van der Waals surface area contributed by atoms with Gasteiger partial charge < -0.3 is 14.9 Å². The smallest absolute Gasteiger partial charge is 0.163 e. The molecule has 2 heterocycles. The van der Waals surface area contributed by atoms with Crippen molar-refractivity contribution in [3.8, 4) is 0 Å². The third-order valence-corrected chi connectivity index (χ3v) is 3.77. The molecule has 1 aliphatic heterocycles. The molecule has 1 saturated heterocycles. The van der Waals surface area contributed by atoms with E-state index in [9.17, 15) is 0 Å². The van der Waals surface area contributed by atoms with Gasteiger partial charge in [-0.1, -0.05) is 20.8 Å². The number of nitrogens with two attached hydrogens (primary N) is 1. The number of anilines is 1. The van der Waals surface area contributed by atoms with Crippen molar-refractivity contribution in [1.82, 2.24) is 9.97 Å². The van der Waals surface area contributed by atoms with Crippen LogP contribution in [0.25, 0.3) is 0 Å². The lowest BCUT2D eigenvalue weighted by atomic mass is 9.89. The summed E-state index contributed by atoms with van der Waals surface area (Å²) in [6, 6.07) is 1.89. The molecule has 0 saturated carbocycles. The fourth-order valence-electron chi connectivity index (χ4n) is 2.52. The lowest BCUT2D eigenvalue weighted by Crippen LogP contribution is -2.39. The minimum atomic E-state index is -0.472. The summed E-state index contributed by atoms with van der Waals surface area (Å²) < 4.78 is 11.5. The molecule has 1 aromatic rings. The zero-order chi connectivity index (χ0) is 15.5. The summed E-state index contributed by atoms with van der Waals surface area (Å²) in [5.41, 5.74) is 3.04. The quantitative estimate of drug-likeness (QED) is 0.653. The molecule has 0 bridgehead atoms. The lowest BCUT2D eigenvalue weighted by molar-refractivity contribution is -0.117. The molecule has 0 aliphatic carbocycles. The topological polar surface area (TPSA) is 82.3 Å². The van der Waals surface area contributed by atoms with Gasteiger partial charge >= 0.3 is 0 Å². The van der Waals surface area contributed by atoms with Crippen molar-refractivity contribution in [2.45, 2.75) is 51.6 Å². The predicted octanol–water partition coefficient (Wildman–Crippen LogP) is 2.10. The maximum Gasteiger partial charge on any atom is 0.163 e. The molecule has 0 unspecified atom stereocenters. The Morgan fingerprint density at radius 3 is 2.52 bits per heavy atom. The van der Waals surface area contributed by atoms with Crippen molar-refractivity contribution >= 4 is 5.82 Å². The summed E-state index contributed by atoms with van der Waals surface area (Å²) in [4.78, 5) is 9.33. The summed E-state index contributed by atoms with van der Waals surface area (Å²) in [6.45, 7) is 10.3. The van der Waals surface area contributed by atoms with E-state index in [0.29, 0.717) is 31.5 Å². The summed E-state index contributed by atoms with van der Waals surface area (Å²) in [5.74, 6) is 6.89. The van der Waals surface area contributed by atoms with E-state index in [1.54, 1.807) is 0 Å². The van der Waals surface area contributed by atoms with Crippen LogP contribution in [0.15, 0.2) is 6.07 Å². The van der Waals surface area contributed by atoms with Gasteiger partial charge in [0.05, 0.1) is 5.69 Å². The zero-order valence-corrected chi connectivity index (χ0v) is 13.4. The molecule has 6 nitrogen and oxygen atoms in total. The number of hydrazine groups is 1. The molecule has 0 atom stereocenters. The molecule has 118 valence electrons. The third-order valence-electron chi connectivity index (χ3n) is 3.77. The van der Waals surface area contributed by atoms with E-state index < -0.39 is 5.60 Å². The van der Waals surface area contributed by atoms with Crippen LogP contribution in [0, 0.1) is 0 Å². The molecule has 0 aromatic carbocycles. The van der Waals surface area contributed by atoms with Crippen LogP contribution in [-0.4, -0.2) is 29.8 Å². The molecule has 21 heavy (non-hydrogen) atoms. The molecular weight excluding hydrogens is 268 g/mol. The van der Waals surface area contributed by atoms with E-state index >= 15 is 0 Å². The summed E-state index contributed by atoms with van der Waals surface area (Å²) in [7, 11) is 0. The molecular formula is C15H26N4O2. The predicted molar refractivity (Wildman–Crippen MR) is 81.9 cm³/mol. The minimum absolute atomic E-state index is 0.0815. The number of aromatic nitrogens is 2. The van der Waals surface area contributed by atoms with Gasteiger partial charge in [-0.3, -0.25) is 0 Å². The Balaban J connectivity index is 2.49. The Labute approximate surface area is 126 Å². The Morgan fingerprint density at radius 1 is 1.33 bits per heavy atom. The van der Waals surface area contributed by atoms with Gasteiger partial charge in [0.25, 0.3) is 0 Å². The van der Waals surface area contributed by atoms with Crippen LogP contribution in [0.1, 0.15) is 52.1 Å². The first-order valence-electron chi connectivity index (χ1n) is 7.49. The fourth-order valence-corrected chi connectivity index (χ4v) is 2.52. The van der Waals surface area contributed by atoms with Crippen LogP contribution in [0.2, 0.25) is 0 Å². The van der Waals surface area contributed by atoms with Gasteiger partial charge in [-0.2, -0.15) is 0 Å². The Kier molecular flexibility index (Phi) is 4.81. The summed E-state index contributed by atoms with van der Waals surface area (Å²) in [6.07, 6.45) is 1.52. The number of hydrogen-bond donors (Lipinski definition) is 2. The van der Waals surface area contributed by atoms with Crippen molar-refractivity contribution in [2.75, 3.05) is 25.2 Å². The van der Waals surface area contributed by atoms with E-state index in [4.69, 9.17) is 20.3 Å². The third kappa shape index (κ3) is 3.51. The molecule has 1 aromatic heterocycles. The Bertz CT molecular complexity index is 474. The Hall–Kier alpha value is -1.24. The van der Waals surface area contributed by atoms with Gasteiger partial charge in [0.15, 0.2) is 5.82 Å². The van der Waals surface area contributed by atoms with E-state index in [2.05, 4.69) is 31.2 Å². The van der Waals surface area contributed by atoms with Crippen molar-refractivity contribution < 1.29 is 9.47 Å². The number of nitrogens with one attached hydrogen (secondary N) is 1. The second-order valence-electron chi connectivity index (χ2n) is 6.40. The van der Waals surface area contributed by atoms with Gasteiger partial charge in [-0.15, -0.1) is 0 Å². The monoisotopic (exact) mass is 294 g/mol. The van der Waals surface area contributed by atoms with Gasteiger partial charge in [-0.25, -0.2) is 15.8 Å². The van der Waals surface area contributed by atoms with E-state index in [0.717, 1.165) is 18.5 Å². The second-order valence-corrected chi connectivity index (χ2v) is 6.40. The van der Waals surface area contributed by atoms with Gasteiger partial charge in [-0.05, 0) is 6.92 Å². The lowest BCUT2D eigenvalue weighted by Gasteiger charge is -2.36. The van der Waals surface area contributed by atoms with E-state index in [1.807, 2.05) is 13.0 Å². The van der Waals surface area contributed by atoms with Crippen LogP contribution in [0.3, 0.4) is 0 Å². The van der Waals surface area contributed by atoms with Crippen molar-refractivity contribution in [1.29, 1.82) is 0 Å². The van der Waals surface area contributed by atoms with Crippen LogP contribution in [0.5, 0.6) is 0 Å². The summed E-state index contributed by atoms with van der Waals surface area (Å²) >= 11 is 0. The van der Waals surface area contributed by atoms with Crippen LogP contribution in [-0.2, 0) is 20.5 Å². The first kappa shape index (κ1) is 16.1. The normalized spacial score (nSPS) is 18.5. The van der Waals surface area contributed by atoms with Gasteiger partial charge in [0.2, 0.25) is 0 Å². The van der Waals surface area contributed by atoms with Crippen molar-refractivity contribution in [3.63, 3.8) is 0 Å². The average Bonchev–Trinajstić information content (AvgIpc) is 2.47. The SMILES string of the molecule is CCOC1(c2nc(NN)cc(C(C)(C)C)n2)CCOCC1. The standard InChI is InChI=1S/C15H26N4O2/c1-5-21-15(6-8-20-9-7-15)13-17-11(14(2,3)4)10-12(18-13)19-16/h10H,5-9,16H2,1-4H3,(H,17,18,19). The van der Waals surface area contributed by atoms with Gasteiger partial charge in [0, 0.05) is 44.1 Å². The van der Waals surface area contributed by atoms with E-state index in [1.165, 1.54) is 0 Å². The molecule has 0 amide bonds. The summed E-state index contributed by atoms with van der Waals surface area (Å²) in [5, 5.41) is 0. The number of rotatable bonds is 4. The zero-order valence-electron chi connectivity index (χ0n) is 13.4. The highest BCUT2D eigenvalue weighted by atomic mass is 16.5. The molecule has 1 fully saturated rings. The highest BCUT2D eigenvalue weighted by Crippen LogP contribution is 2.35. The first-order chi connectivity index (χ1) is 9.91. The fraction of sp³-hybridized carbons (Fsp3) is 0.733. The van der Waals surface area contributed by atoms with Crippen LogP contribution >= 0.6 is 0 Å². The molecule has 3 N–H and O–H groups in total. The number of hydrogen-bond acceptors (Lipinski definition) is 6. The maximum absolute atomic E-state index is 6.05. The highest BCUT2D eigenvalue weighted by molar-refractivity contribution is 5.37. The molecule has 0 radical (unpaired) electrons. The van der Waals surface area contributed by atoms with Crippen LogP contribution in [0.4, 0.5) is 5.82 Å². The molecule has 6 heteroatoms. The minimum Gasteiger partial charge on any atom is -0.381 e. The molecule has 1 aliphatic rings. The molecule has 2 rings (SSSR count). The number of nitrogens with zero attached hydrogens (tertiary/aromatic N) is 2. The largest absolute Gasteiger partial charge is 0.381 e. The van der Waals surface area contributed by atoms with Crippen LogP contribution < -0.4 is 11.3 Å². The second kappa shape index (κ2) is 6.25. The van der Waals surface area contributed by atoms with Crippen molar-refractivity contribution in [2.24, 2.45) is 5.84 Å². The van der Waals surface area contributed by atoms with Gasteiger partial charge in [0.1, 0.15) is 11.4 Å². The molecule has 0 spiro atoms. The van der Waals surface area contributed by atoms with E-state index in [-0.39, 0.29) is 5.41 Å². The highest BCUT2D eigenvalue weighted by Gasteiger charge is 2.39. The number of nitrogen functional groups attached to an aromatic ring is 1.